The van der Waals surface area contributed by atoms with E-state index in [0.29, 0.717) is 11.3 Å². The van der Waals surface area contributed by atoms with Crippen LogP contribution in [0.1, 0.15) is 26.5 Å². The fourth-order valence-electron chi connectivity index (χ4n) is 1.76. The number of oxazole rings is 1. The Kier molecular flexibility index (Phi) is 2.50. The second-order valence-corrected chi connectivity index (χ2v) is 5.54. The molecule has 0 spiro atoms. The third-order valence-corrected chi connectivity index (χ3v) is 2.78. The number of aryl methyl sites for hydroxylation is 1. The van der Waals surface area contributed by atoms with Gasteiger partial charge in [-0.1, -0.05) is 0 Å². The summed E-state index contributed by atoms with van der Waals surface area (Å²) in [4.78, 5) is 17.9. The molecule has 0 aromatic carbocycles. The molecular formula is C12H14N6O2. The number of aromatic nitrogens is 6. The van der Waals surface area contributed by atoms with Crippen molar-refractivity contribution in [2.45, 2.75) is 33.2 Å². The van der Waals surface area contributed by atoms with Crippen LogP contribution in [0.5, 0.6) is 0 Å². The Morgan fingerprint density at radius 3 is 2.70 bits per heavy atom. The van der Waals surface area contributed by atoms with Crippen molar-refractivity contribution < 1.29 is 4.42 Å². The highest BCUT2D eigenvalue weighted by Crippen LogP contribution is 2.14. The van der Waals surface area contributed by atoms with E-state index in [1.165, 1.54) is 15.4 Å². The van der Waals surface area contributed by atoms with E-state index in [2.05, 4.69) is 20.4 Å². The van der Waals surface area contributed by atoms with Crippen molar-refractivity contribution in [3.05, 3.63) is 28.5 Å². The Bertz CT molecular complexity index is 836. The van der Waals surface area contributed by atoms with E-state index in [1.54, 1.807) is 13.1 Å². The molecule has 3 heterocycles. The van der Waals surface area contributed by atoms with Crippen molar-refractivity contribution in [3.63, 3.8) is 0 Å². The van der Waals surface area contributed by atoms with E-state index >= 15 is 0 Å². The minimum atomic E-state index is -0.300. The summed E-state index contributed by atoms with van der Waals surface area (Å²) in [5, 5.41) is 12.1. The average molecular weight is 274 g/mol. The molecule has 0 N–H and O–H groups in total. The van der Waals surface area contributed by atoms with Gasteiger partial charge >= 0.3 is 5.84 Å². The predicted molar refractivity (Wildman–Crippen MR) is 70.3 cm³/mol. The second-order valence-electron chi connectivity index (χ2n) is 5.54. The van der Waals surface area contributed by atoms with E-state index < -0.39 is 0 Å². The van der Waals surface area contributed by atoms with Crippen molar-refractivity contribution in [2.24, 2.45) is 0 Å². The first-order valence-corrected chi connectivity index (χ1v) is 6.15. The fourth-order valence-corrected chi connectivity index (χ4v) is 1.76. The van der Waals surface area contributed by atoms with Crippen molar-refractivity contribution >= 4 is 5.84 Å². The standard InChI is InChI=1S/C12H14N6O2/c1-7-6-17-10(19)8(5-13-11(17)20-7)9-14-16-18(15-9)12(2,3)4/h5-6H,1-4H3. The smallest absolute Gasteiger partial charge is 0.308 e. The molecule has 8 heteroatoms. The highest BCUT2D eigenvalue weighted by atomic mass is 16.4. The Hall–Kier alpha value is -2.51. The summed E-state index contributed by atoms with van der Waals surface area (Å²) < 4.78 is 6.63. The zero-order chi connectivity index (χ0) is 14.5. The lowest BCUT2D eigenvalue weighted by Crippen LogP contribution is -2.24. The van der Waals surface area contributed by atoms with E-state index in [-0.39, 0.29) is 22.8 Å². The number of tetrazole rings is 1. The maximum absolute atomic E-state index is 12.3. The van der Waals surface area contributed by atoms with Gasteiger partial charge in [0.15, 0.2) is 0 Å². The summed E-state index contributed by atoms with van der Waals surface area (Å²) in [5.41, 5.74) is -0.287. The van der Waals surface area contributed by atoms with Gasteiger partial charge in [0.1, 0.15) is 11.3 Å². The molecule has 0 saturated heterocycles. The molecule has 3 rings (SSSR count). The van der Waals surface area contributed by atoms with Gasteiger partial charge in [0.2, 0.25) is 5.82 Å². The van der Waals surface area contributed by atoms with Crippen LogP contribution in [0, 0.1) is 6.92 Å². The molecule has 0 amide bonds. The Labute approximate surface area is 114 Å². The molecule has 20 heavy (non-hydrogen) atoms. The quantitative estimate of drug-likeness (QED) is 0.657. The van der Waals surface area contributed by atoms with Gasteiger partial charge in [-0.25, -0.2) is 9.38 Å². The van der Waals surface area contributed by atoms with Gasteiger partial charge in [0.05, 0.1) is 11.7 Å². The maximum Gasteiger partial charge on any atom is 0.308 e. The Morgan fingerprint density at radius 2 is 2.05 bits per heavy atom. The van der Waals surface area contributed by atoms with Crippen molar-refractivity contribution in [1.82, 2.24) is 29.6 Å². The van der Waals surface area contributed by atoms with Crippen LogP contribution in [0.2, 0.25) is 0 Å². The minimum absolute atomic E-state index is 0.250. The first-order valence-electron chi connectivity index (χ1n) is 6.15. The Balaban J connectivity index is 2.17. The van der Waals surface area contributed by atoms with Crippen LogP contribution in [-0.2, 0) is 5.54 Å². The van der Waals surface area contributed by atoms with Crippen LogP contribution in [-0.4, -0.2) is 29.6 Å². The molecule has 0 radical (unpaired) electrons. The monoisotopic (exact) mass is 274 g/mol. The van der Waals surface area contributed by atoms with Crippen molar-refractivity contribution in [1.29, 1.82) is 0 Å². The van der Waals surface area contributed by atoms with E-state index in [9.17, 15) is 4.79 Å². The number of hydrogen-bond donors (Lipinski definition) is 0. The molecule has 0 bridgehead atoms. The summed E-state index contributed by atoms with van der Waals surface area (Å²) in [6, 6.07) is 0. The van der Waals surface area contributed by atoms with Gasteiger partial charge in [0, 0.05) is 6.20 Å². The van der Waals surface area contributed by atoms with Gasteiger partial charge in [-0.3, -0.25) is 4.79 Å². The molecular weight excluding hydrogens is 260 g/mol. The molecule has 0 aliphatic carbocycles. The molecule has 0 saturated carbocycles. The number of fused-ring (bicyclic) bond motifs is 1. The fraction of sp³-hybridized carbons (Fsp3) is 0.417. The minimum Gasteiger partial charge on any atom is -0.428 e. The van der Waals surface area contributed by atoms with Crippen LogP contribution < -0.4 is 5.56 Å². The molecule has 3 aromatic rings. The molecule has 0 aliphatic rings. The summed E-state index contributed by atoms with van der Waals surface area (Å²) in [6.07, 6.45) is 2.99. The lowest BCUT2D eigenvalue weighted by atomic mass is 10.1. The first kappa shape index (κ1) is 12.5. The lowest BCUT2D eigenvalue weighted by molar-refractivity contribution is 0.306. The second kappa shape index (κ2) is 3.99. The van der Waals surface area contributed by atoms with E-state index in [0.717, 1.165) is 0 Å². The average Bonchev–Trinajstić information content (AvgIpc) is 2.94. The maximum atomic E-state index is 12.3. The van der Waals surface area contributed by atoms with Crippen LogP contribution >= 0.6 is 0 Å². The Morgan fingerprint density at radius 1 is 1.30 bits per heavy atom. The lowest BCUT2D eigenvalue weighted by Gasteiger charge is -2.15. The molecule has 0 fully saturated rings. The molecule has 0 aliphatic heterocycles. The van der Waals surface area contributed by atoms with Gasteiger partial charge in [0.25, 0.3) is 5.56 Å². The number of rotatable bonds is 1. The largest absolute Gasteiger partial charge is 0.428 e. The third-order valence-electron chi connectivity index (χ3n) is 2.78. The number of hydrogen-bond acceptors (Lipinski definition) is 6. The molecule has 0 atom stereocenters. The highest BCUT2D eigenvalue weighted by Gasteiger charge is 2.20. The van der Waals surface area contributed by atoms with Crippen LogP contribution in [0.4, 0.5) is 0 Å². The van der Waals surface area contributed by atoms with E-state index in [4.69, 9.17) is 4.42 Å². The molecule has 0 unspecified atom stereocenters. The molecule has 8 nitrogen and oxygen atoms in total. The molecule has 104 valence electrons. The predicted octanol–water partition coefficient (Wildman–Crippen LogP) is 1.00. The molecule has 3 aromatic heterocycles. The topological polar surface area (TPSA) is 91.1 Å². The van der Waals surface area contributed by atoms with Gasteiger partial charge < -0.3 is 4.42 Å². The van der Waals surface area contributed by atoms with Crippen LogP contribution in [0.25, 0.3) is 17.2 Å². The summed E-state index contributed by atoms with van der Waals surface area (Å²) in [5.74, 6) is 1.11. The normalized spacial score (nSPS) is 12.2. The SMILES string of the molecule is Cc1cn2c(=O)c(-c3nnn(C(C)(C)C)n3)cnc2o1. The summed E-state index contributed by atoms with van der Waals surface area (Å²) in [6.45, 7) is 7.60. The van der Waals surface area contributed by atoms with Crippen molar-refractivity contribution in [2.75, 3.05) is 0 Å². The zero-order valence-electron chi connectivity index (χ0n) is 11.7. The van der Waals surface area contributed by atoms with Crippen LogP contribution in [0.3, 0.4) is 0 Å². The van der Waals surface area contributed by atoms with Gasteiger partial charge in [-0.2, -0.15) is 4.80 Å². The summed E-state index contributed by atoms with van der Waals surface area (Å²) >= 11 is 0. The summed E-state index contributed by atoms with van der Waals surface area (Å²) in [7, 11) is 0. The third kappa shape index (κ3) is 1.89. The zero-order valence-corrected chi connectivity index (χ0v) is 11.7. The van der Waals surface area contributed by atoms with Gasteiger partial charge in [-0.05, 0) is 32.9 Å². The van der Waals surface area contributed by atoms with E-state index in [1.807, 2.05) is 20.8 Å². The first-order chi connectivity index (χ1) is 9.36. The van der Waals surface area contributed by atoms with Crippen molar-refractivity contribution in [3.8, 4) is 11.4 Å². The van der Waals surface area contributed by atoms with Crippen LogP contribution in [0.15, 0.2) is 21.6 Å². The van der Waals surface area contributed by atoms with Gasteiger partial charge in [-0.15, -0.1) is 10.2 Å². The highest BCUT2D eigenvalue weighted by molar-refractivity contribution is 5.52. The number of nitrogens with zero attached hydrogens (tertiary/aromatic N) is 6.